The average molecular weight is 339 g/mol. The van der Waals surface area contributed by atoms with E-state index in [4.69, 9.17) is 0 Å². The third-order valence-electron chi connectivity index (χ3n) is 5.29. The number of anilines is 1. The number of hydrogen-bond acceptors (Lipinski definition) is 4. The zero-order chi connectivity index (χ0) is 17.4. The molecule has 7 nitrogen and oxygen atoms in total. The molecule has 7 heteroatoms. The first kappa shape index (κ1) is 15.8. The summed E-state index contributed by atoms with van der Waals surface area (Å²) < 4.78 is 1.62. The van der Waals surface area contributed by atoms with Crippen molar-refractivity contribution in [3.8, 4) is 0 Å². The molecular formula is C18H21N5O2. The molecule has 1 spiro atoms. The van der Waals surface area contributed by atoms with Crippen molar-refractivity contribution in [2.75, 3.05) is 24.5 Å². The Morgan fingerprint density at radius 1 is 1.24 bits per heavy atom. The van der Waals surface area contributed by atoms with Gasteiger partial charge in [-0.25, -0.2) is 0 Å². The molecular weight excluding hydrogens is 318 g/mol. The minimum atomic E-state index is -0.466. The number of aromatic nitrogens is 3. The van der Waals surface area contributed by atoms with Gasteiger partial charge in [-0.2, -0.15) is 5.10 Å². The van der Waals surface area contributed by atoms with Gasteiger partial charge in [-0.05, 0) is 31.4 Å². The van der Waals surface area contributed by atoms with Gasteiger partial charge in [0.15, 0.2) is 0 Å². The van der Waals surface area contributed by atoms with Crippen LogP contribution in [-0.2, 0) is 11.8 Å². The Kier molecular flexibility index (Phi) is 3.78. The van der Waals surface area contributed by atoms with E-state index in [0.29, 0.717) is 25.2 Å². The molecule has 0 aromatic carbocycles. The lowest BCUT2D eigenvalue weighted by molar-refractivity contribution is -0.127. The van der Waals surface area contributed by atoms with Crippen LogP contribution in [0.1, 0.15) is 29.6 Å². The highest BCUT2D eigenvalue weighted by molar-refractivity contribution is 6.01. The summed E-state index contributed by atoms with van der Waals surface area (Å²) in [4.78, 5) is 33.6. The van der Waals surface area contributed by atoms with Gasteiger partial charge in [-0.3, -0.25) is 19.3 Å². The first-order valence-electron chi connectivity index (χ1n) is 8.59. The molecule has 2 amide bonds. The molecule has 2 aliphatic heterocycles. The number of carbonyl (C=O) groups excluding carboxylic acids is 2. The smallest absolute Gasteiger partial charge is 0.257 e. The number of rotatable bonds is 2. The van der Waals surface area contributed by atoms with Gasteiger partial charge >= 0.3 is 0 Å². The topological polar surface area (TPSA) is 71.3 Å². The molecule has 0 aliphatic carbocycles. The highest BCUT2D eigenvalue weighted by Gasteiger charge is 2.50. The number of carbonyl (C=O) groups is 2. The fraction of sp³-hybridized carbons (Fsp3) is 0.444. The second-order valence-corrected chi connectivity index (χ2v) is 6.93. The van der Waals surface area contributed by atoms with Crippen molar-refractivity contribution in [1.29, 1.82) is 0 Å². The van der Waals surface area contributed by atoms with Gasteiger partial charge in [-0.1, -0.05) is 0 Å². The van der Waals surface area contributed by atoms with Gasteiger partial charge in [0, 0.05) is 39.1 Å². The molecule has 1 atom stereocenters. The van der Waals surface area contributed by atoms with Crippen LogP contribution in [-0.4, -0.2) is 51.1 Å². The van der Waals surface area contributed by atoms with Crippen LogP contribution in [0.2, 0.25) is 0 Å². The number of piperidine rings is 1. The van der Waals surface area contributed by atoms with Crippen LogP contribution in [0.15, 0.2) is 36.9 Å². The van der Waals surface area contributed by atoms with Gasteiger partial charge < -0.3 is 9.80 Å². The molecule has 4 rings (SSSR count). The molecule has 130 valence electrons. The summed E-state index contributed by atoms with van der Waals surface area (Å²) in [5, 5.41) is 4.08. The highest BCUT2D eigenvalue weighted by Crippen LogP contribution is 2.41. The van der Waals surface area contributed by atoms with Gasteiger partial charge in [0.1, 0.15) is 0 Å². The quantitative estimate of drug-likeness (QED) is 0.831. The number of nitrogens with zero attached hydrogens (tertiary/aromatic N) is 5. The molecule has 4 heterocycles. The SMILES string of the molecule is Cn1cc(C(=O)N2CCC[C@@]3(CCN(c4cccnc4)C3=O)C2)cn1. The molecule has 0 bridgehead atoms. The summed E-state index contributed by atoms with van der Waals surface area (Å²) in [6, 6.07) is 3.75. The monoisotopic (exact) mass is 339 g/mol. The van der Waals surface area contributed by atoms with Crippen LogP contribution in [0.3, 0.4) is 0 Å². The maximum atomic E-state index is 13.1. The van der Waals surface area contributed by atoms with Crippen LogP contribution < -0.4 is 4.90 Å². The van der Waals surface area contributed by atoms with Gasteiger partial charge in [0.25, 0.3) is 5.91 Å². The Labute approximate surface area is 146 Å². The van der Waals surface area contributed by atoms with Crippen LogP contribution in [0.25, 0.3) is 0 Å². The van der Waals surface area contributed by atoms with E-state index in [-0.39, 0.29) is 11.8 Å². The summed E-state index contributed by atoms with van der Waals surface area (Å²) in [6.07, 6.45) is 9.19. The second kappa shape index (κ2) is 5.98. The Bertz CT molecular complexity index is 803. The molecule has 0 saturated carbocycles. The standard InChI is InChI=1S/C18H21N5O2/c1-21-12-14(10-20-21)16(24)22-8-3-5-18(13-22)6-9-23(17(18)25)15-4-2-7-19-11-15/h2,4,7,10-12H,3,5-6,8-9,13H2,1H3/t18-/m1/s1. The van der Waals surface area contributed by atoms with E-state index in [1.807, 2.05) is 21.9 Å². The Morgan fingerprint density at radius 2 is 2.12 bits per heavy atom. The number of hydrogen-bond donors (Lipinski definition) is 0. The summed E-state index contributed by atoms with van der Waals surface area (Å²) in [5.41, 5.74) is 0.945. The van der Waals surface area contributed by atoms with Crippen molar-refractivity contribution in [3.05, 3.63) is 42.5 Å². The predicted octanol–water partition coefficient (Wildman–Crippen LogP) is 1.47. The fourth-order valence-electron chi connectivity index (χ4n) is 3.98. The normalized spacial score (nSPS) is 23.5. The summed E-state index contributed by atoms with van der Waals surface area (Å²) in [5.74, 6) is 0.0731. The summed E-state index contributed by atoms with van der Waals surface area (Å²) in [6.45, 7) is 1.85. The van der Waals surface area contributed by atoms with E-state index in [1.54, 1.807) is 36.5 Å². The summed E-state index contributed by atoms with van der Waals surface area (Å²) in [7, 11) is 1.79. The Morgan fingerprint density at radius 3 is 2.84 bits per heavy atom. The molecule has 2 fully saturated rings. The first-order chi connectivity index (χ1) is 12.1. The van der Waals surface area contributed by atoms with Crippen LogP contribution >= 0.6 is 0 Å². The average Bonchev–Trinajstić information content (AvgIpc) is 3.20. The maximum Gasteiger partial charge on any atom is 0.257 e. The molecule has 25 heavy (non-hydrogen) atoms. The van der Waals surface area contributed by atoms with Crippen LogP contribution in [0, 0.1) is 5.41 Å². The van der Waals surface area contributed by atoms with Crippen molar-refractivity contribution in [1.82, 2.24) is 19.7 Å². The minimum absolute atomic E-state index is 0.0418. The zero-order valence-corrected chi connectivity index (χ0v) is 14.3. The summed E-state index contributed by atoms with van der Waals surface area (Å²) >= 11 is 0. The van der Waals surface area contributed by atoms with Crippen molar-refractivity contribution < 1.29 is 9.59 Å². The lowest BCUT2D eigenvalue weighted by Gasteiger charge is -2.38. The third-order valence-corrected chi connectivity index (χ3v) is 5.29. The van der Waals surface area contributed by atoms with Crippen LogP contribution in [0.5, 0.6) is 0 Å². The molecule has 2 saturated heterocycles. The number of pyridine rings is 1. The van der Waals surface area contributed by atoms with E-state index in [2.05, 4.69) is 10.1 Å². The van der Waals surface area contributed by atoms with E-state index in [1.165, 1.54) is 0 Å². The predicted molar refractivity (Wildman–Crippen MR) is 92.0 cm³/mol. The van der Waals surface area contributed by atoms with Crippen molar-refractivity contribution in [2.24, 2.45) is 12.5 Å². The maximum absolute atomic E-state index is 13.1. The van der Waals surface area contributed by atoms with E-state index >= 15 is 0 Å². The molecule has 2 aliphatic rings. The highest BCUT2D eigenvalue weighted by atomic mass is 16.2. The van der Waals surface area contributed by atoms with Gasteiger partial charge in [0.2, 0.25) is 5.91 Å². The molecule has 0 unspecified atom stereocenters. The molecule has 0 radical (unpaired) electrons. The second-order valence-electron chi connectivity index (χ2n) is 6.93. The molecule has 2 aromatic rings. The van der Waals surface area contributed by atoms with E-state index < -0.39 is 5.41 Å². The number of likely N-dealkylation sites (tertiary alicyclic amines) is 1. The van der Waals surface area contributed by atoms with Crippen LogP contribution in [0.4, 0.5) is 5.69 Å². The number of aryl methyl sites for hydroxylation is 1. The first-order valence-corrected chi connectivity index (χ1v) is 8.59. The zero-order valence-electron chi connectivity index (χ0n) is 14.3. The fourth-order valence-corrected chi connectivity index (χ4v) is 3.98. The lowest BCUT2D eigenvalue weighted by Crippen LogP contribution is -2.49. The van der Waals surface area contributed by atoms with Crippen molar-refractivity contribution >= 4 is 17.5 Å². The van der Waals surface area contributed by atoms with E-state index in [0.717, 1.165) is 24.9 Å². The molecule has 0 N–H and O–H groups in total. The van der Waals surface area contributed by atoms with Gasteiger partial charge in [0.05, 0.1) is 29.1 Å². The largest absolute Gasteiger partial charge is 0.337 e. The molecule has 2 aromatic heterocycles. The third kappa shape index (κ3) is 2.69. The van der Waals surface area contributed by atoms with Crippen molar-refractivity contribution in [2.45, 2.75) is 19.3 Å². The Hall–Kier alpha value is -2.70. The van der Waals surface area contributed by atoms with Crippen molar-refractivity contribution in [3.63, 3.8) is 0 Å². The minimum Gasteiger partial charge on any atom is -0.337 e. The van der Waals surface area contributed by atoms with E-state index in [9.17, 15) is 9.59 Å². The lowest BCUT2D eigenvalue weighted by atomic mass is 9.78. The Balaban J connectivity index is 1.54. The number of amides is 2. The van der Waals surface area contributed by atoms with Gasteiger partial charge in [-0.15, -0.1) is 0 Å².